The standard InChI is InChI=1S/C12H14BrN3O/c1-3-12(2,15)11(17)16-10-6-9(13)5-4-8(10)7-14/h4-6H,3,15H2,1-2H3,(H,16,17). The van der Waals surface area contributed by atoms with Crippen molar-refractivity contribution in [1.29, 1.82) is 5.26 Å². The Balaban J connectivity index is 3.00. The third-order valence-electron chi connectivity index (χ3n) is 2.60. The van der Waals surface area contributed by atoms with Crippen molar-refractivity contribution in [3.05, 3.63) is 28.2 Å². The summed E-state index contributed by atoms with van der Waals surface area (Å²) in [6.07, 6.45) is 0.523. The van der Waals surface area contributed by atoms with E-state index in [2.05, 4.69) is 21.2 Å². The van der Waals surface area contributed by atoms with Crippen molar-refractivity contribution in [2.45, 2.75) is 25.8 Å². The highest BCUT2D eigenvalue weighted by Gasteiger charge is 2.26. The largest absolute Gasteiger partial charge is 0.323 e. The fourth-order valence-corrected chi connectivity index (χ4v) is 1.50. The molecule has 1 aromatic carbocycles. The zero-order chi connectivity index (χ0) is 13.1. The van der Waals surface area contributed by atoms with Gasteiger partial charge in [-0.05, 0) is 31.5 Å². The lowest BCUT2D eigenvalue weighted by Gasteiger charge is -2.21. The Morgan fingerprint density at radius 1 is 1.65 bits per heavy atom. The predicted octanol–water partition coefficient (Wildman–Crippen LogP) is 2.39. The van der Waals surface area contributed by atoms with Gasteiger partial charge in [-0.2, -0.15) is 5.26 Å². The van der Waals surface area contributed by atoms with Gasteiger partial charge in [0, 0.05) is 4.47 Å². The van der Waals surface area contributed by atoms with Gasteiger partial charge in [0.25, 0.3) is 0 Å². The van der Waals surface area contributed by atoms with Gasteiger partial charge in [-0.15, -0.1) is 0 Å². The molecule has 1 aromatic rings. The van der Waals surface area contributed by atoms with Crippen molar-refractivity contribution in [3.8, 4) is 6.07 Å². The van der Waals surface area contributed by atoms with Crippen LogP contribution >= 0.6 is 15.9 Å². The van der Waals surface area contributed by atoms with Crippen LogP contribution in [0, 0.1) is 11.3 Å². The second kappa shape index (κ2) is 5.30. The van der Waals surface area contributed by atoms with E-state index in [1.807, 2.05) is 13.0 Å². The lowest BCUT2D eigenvalue weighted by Crippen LogP contribution is -2.47. The van der Waals surface area contributed by atoms with Crippen LogP contribution in [0.3, 0.4) is 0 Å². The number of benzene rings is 1. The molecule has 5 heteroatoms. The fourth-order valence-electron chi connectivity index (χ4n) is 1.14. The summed E-state index contributed by atoms with van der Waals surface area (Å²) in [5, 5.41) is 11.6. The van der Waals surface area contributed by atoms with Crippen LogP contribution in [-0.4, -0.2) is 11.4 Å². The Hall–Kier alpha value is -1.38. The van der Waals surface area contributed by atoms with Gasteiger partial charge in [-0.3, -0.25) is 4.79 Å². The average Bonchev–Trinajstić information content (AvgIpc) is 2.29. The molecule has 1 unspecified atom stereocenters. The zero-order valence-electron chi connectivity index (χ0n) is 9.75. The summed E-state index contributed by atoms with van der Waals surface area (Å²) in [6.45, 7) is 3.50. The molecule has 0 aliphatic carbocycles. The van der Waals surface area contributed by atoms with Gasteiger partial charge in [0.1, 0.15) is 6.07 Å². The average molecular weight is 296 g/mol. The fraction of sp³-hybridized carbons (Fsp3) is 0.333. The van der Waals surface area contributed by atoms with Crippen LogP contribution in [0.15, 0.2) is 22.7 Å². The van der Waals surface area contributed by atoms with Gasteiger partial charge in [-0.1, -0.05) is 22.9 Å². The van der Waals surface area contributed by atoms with Gasteiger partial charge >= 0.3 is 0 Å². The molecule has 0 aliphatic heterocycles. The number of rotatable bonds is 3. The number of amides is 1. The Labute approximate surface area is 109 Å². The van der Waals surface area contributed by atoms with Crippen LogP contribution in [0.1, 0.15) is 25.8 Å². The summed E-state index contributed by atoms with van der Waals surface area (Å²) >= 11 is 3.29. The molecule has 1 amide bonds. The first kappa shape index (κ1) is 13.7. The lowest BCUT2D eigenvalue weighted by molar-refractivity contribution is -0.120. The quantitative estimate of drug-likeness (QED) is 0.898. The summed E-state index contributed by atoms with van der Waals surface area (Å²) < 4.78 is 0.794. The molecule has 0 bridgehead atoms. The van der Waals surface area contributed by atoms with Crippen LogP contribution in [0.4, 0.5) is 5.69 Å². The number of hydrogen-bond donors (Lipinski definition) is 2. The summed E-state index contributed by atoms with van der Waals surface area (Å²) in [7, 11) is 0. The van der Waals surface area contributed by atoms with Crippen molar-refractivity contribution in [1.82, 2.24) is 0 Å². The molecule has 4 nitrogen and oxygen atoms in total. The number of nitrogens with zero attached hydrogens (tertiary/aromatic N) is 1. The smallest absolute Gasteiger partial charge is 0.244 e. The number of nitrogens with one attached hydrogen (secondary N) is 1. The molecule has 0 aliphatic rings. The zero-order valence-corrected chi connectivity index (χ0v) is 11.3. The molecular weight excluding hydrogens is 282 g/mol. The first-order chi connectivity index (χ1) is 7.90. The number of hydrogen-bond acceptors (Lipinski definition) is 3. The number of nitrogens with two attached hydrogens (primary N) is 1. The van der Waals surface area contributed by atoms with E-state index in [-0.39, 0.29) is 5.91 Å². The van der Waals surface area contributed by atoms with Crippen LogP contribution in [-0.2, 0) is 4.79 Å². The van der Waals surface area contributed by atoms with Crippen molar-refractivity contribution in [3.63, 3.8) is 0 Å². The number of carbonyl (C=O) groups excluding carboxylic acids is 1. The number of anilines is 1. The minimum absolute atomic E-state index is 0.297. The van der Waals surface area contributed by atoms with E-state index in [0.29, 0.717) is 17.7 Å². The topological polar surface area (TPSA) is 78.9 Å². The highest BCUT2D eigenvalue weighted by molar-refractivity contribution is 9.10. The van der Waals surface area contributed by atoms with Crippen molar-refractivity contribution < 1.29 is 4.79 Å². The molecule has 1 atom stereocenters. The second-order valence-corrected chi connectivity index (χ2v) is 4.94. The maximum absolute atomic E-state index is 11.9. The third kappa shape index (κ3) is 3.29. The first-order valence-electron chi connectivity index (χ1n) is 5.20. The number of carbonyl (C=O) groups is 1. The second-order valence-electron chi connectivity index (χ2n) is 4.03. The van der Waals surface area contributed by atoms with E-state index < -0.39 is 5.54 Å². The van der Waals surface area contributed by atoms with E-state index in [9.17, 15) is 4.79 Å². The van der Waals surface area contributed by atoms with Crippen LogP contribution in [0.2, 0.25) is 0 Å². The van der Waals surface area contributed by atoms with Crippen LogP contribution in [0.5, 0.6) is 0 Å². The maximum atomic E-state index is 11.9. The molecular formula is C12H14BrN3O. The monoisotopic (exact) mass is 295 g/mol. The van der Waals surface area contributed by atoms with Crippen molar-refractivity contribution in [2.75, 3.05) is 5.32 Å². The van der Waals surface area contributed by atoms with E-state index in [4.69, 9.17) is 11.0 Å². The highest BCUT2D eigenvalue weighted by Crippen LogP contribution is 2.22. The molecule has 3 N–H and O–H groups in total. The molecule has 0 aromatic heterocycles. The summed E-state index contributed by atoms with van der Waals surface area (Å²) in [5.41, 5.74) is 5.77. The Morgan fingerprint density at radius 3 is 2.82 bits per heavy atom. The highest BCUT2D eigenvalue weighted by atomic mass is 79.9. The molecule has 0 fully saturated rings. The molecule has 0 spiro atoms. The van der Waals surface area contributed by atoms with E-state index in [1.165, 1.54) is 0 Å². The van der Waals surface area contributed by atoms with Crippen molar-refractivity contribution in [2.24, 2.45) is 5.73 Å². The number of nitriles is 1. The molecule has 0 radical (unpaired) electrons. The maximum Gasteiger partial charge on any atom is 0.244 e. The molecule has 17 heavy (non-hydrogen) atoms. The summed E-state index contributed by atoms with van der Waals surface area (Å²) in [6, 6.07) is 7.09. The van der Waals surface area contributed by atoms with Crippen LogP contribution in [0.25, 0.3) is 0 Å². The summed E-state index contributed by atoms with van der Waals surface area (Å²) in [5.74, 6) is -0.297. The Kier molecular flexibility index (Phi) is 4.27. The molecule has 0 heterocycles. The normalized spacial score (nSPS) is 13.6. The summed E-state index contributed by atoms with van der Waals surface area (Å²) in [4.78, 5) is 11.9. The predicted molar refractivity (Wildman–Crippen MR) is 70.4 cm³/mol. The Morgan fingerprint density at radius 2 is 2.29 bits per heavy atom. The Bertz CT molecular complexity index is 477. The third-order valence-corrected chi connectivity index (χ3v) is 3.10. The molecule has 0 saturated heterocycles. The first-order valence-corrected chi connectivity index (χ1v) is 6.00. The molecule has 90 valence electrons. The van der Waals surface area contributed by atoms with Gasteiger partial charge < -0.3 is 11.1 Å². The van der Waals surface area contributed by atoms with E-state index in [1.54, 1.807) is 25.1 Å². The SMILES string of the molecule is CCC(C)(N)C(=O)Nc1cc(Br)ccc1C#N. The van der Waals surface area contributed by atoms with Gasteiger partial charge in [0.05, 0.1) is 16.8 Å². The van der Waals surface area contributed by atoms with Gasteiger partial charge in [-0.25, -0.2) is 0 Å². The lowest BCUT2D eigenvalue weighted by atomic mass is 9.99. The minimum Gasteiger partial charge on any atom is -0.323 e. The van der Waals surface area contributed by atoms with Gasteiger partial charge in [0.2, 0.25) is 5.91 Å². The number of halogens is 1. The molecule has 0 saturated carbocycles. The van der Waals surface area contributed by atoms with Gasteiger partial charge in [0.15, 0.2) is 0 Å². The van der Waals surface area contributed by atoms with Crippen molar-refractivity contribution >= 4 is 27.5 Å². The minimum atomic E-state index is -0.935. The van der Waals surface area contributed by atoms with E-state index in [0.717, 1.165) is 4.47 Å². The van der Waals surface area contributed by atoms with E-state index >= 15 is 0 Å². The van der Waals surface area contributed by atoms with Crippen LogP contribution < -0.4 is 11.1 Å². The molecule has 1 rings (SSSR count).